The fraction of sp³-hybridized carbons (Fsp3) is 0.179. The number of carbonyl (C=O) groups is 1. The van der Waals surface area contributed by atoms with E-state index in [0.717, 1.165) is 22.2 Å². The number of aromatic nitrogens is 2. The molecule has 2 aromatic heterocycles. The van der Waals surface area contributed by atoms with Crippen LogP contribution in [0, 0.1) is 13.8 Å². The SMILES string of the molecule is CCOc1ccc(-n2c(SCC(=O)Nc3cc(C)cc(C)c3)nc3c(oc4ccccc43)c2=O)cc1. The molecular formula is C28H25N3O4S. The highest BCUT2D eigenvalue weighted by atomic mass is 32.2. The van der Waals surface area contributed by atoms with Crippen LogP contribution in [0.3, 0.4) is 0 Å². The van der Waals surface area contributed by atoms with Crippen molar-refractivity contribution in [3.63, 3.8) is 0 Å². The van der Waals surface area contributed by atoms with Crippen molar-refractivity contribution in [2.45, 2.75) is 25.9 Å². The molecule has 1 N–H and O–H groups in total. The molecule has 0 bridgehead atoms. The molecule has 0 spiro atoms. The molecule has 36 heavy (non-hydrogen) atoms. The Kier molecular flexibility index (Phi) is 6.52. The van der Waals surface area contributed by atoms with Crippen molar-refractivity contribution in [2.75, 3.05) is 17.7 Å². The zero-order valence-electron chi connectivity index (χ0n) is 20.2. The predicted molar refractivity (Wildman–Crippen MR) is 144 cm³/mol. The summed E-state index contributed by atoms with van der Waals surface area (Å²) in [5.74, 6) is 0.598. The molecule has 0 fully saturated rings. The lowest BCUT2D eigenvalue weighted by Crippen LogP contribution is -2.22. The van der Waals surface area contributed by atoms with Crippen LogP contribution >= 0.6 is 11.8 Å². The zero-order chi connectivity index (χ0) is 25.2. The molecule has 3 aromatic carbocycles. The minimum absolute atomic E-state index is 0.0811. The number of para-hydroxylation sites is 1. The third-order valence-electron chi connectivity index (χ3n) is 5.61. The van der Waals surface area contributed by atoms with Crippen molar-refractivity contribution in [1.29, 1.82) is 0 Å². The molecule has 7 nitrogen and oxygen atoms in total. The average molecular weight is 500 g/mol. The van der Waals surface area contributed by atoms with Gasteiger partial charge in [0.15, 0.2) is 5.16 Å². The number of benzene rings is 3. The van der Waals surface area contributed by atoms with Crippen LogP contribution in [0.5, 0.6) is 5.75 Å². The van der Waals surface area contributed by atoms with Crippen molar-refractivity contribution in [3.05, 3.63) is 88.2 Å². The Morgan fingerprint density at radius 1 is 1.06 bits per heavy atom. The highest BCUT2D eigenvalue weighted by molar-refractivity contribution is 7.99. The first kappa shape index (κ1) is 23.7. The molecule has 0 aliphatic carbocycles. The van der Waals surface area contributed by atoms with Crippen LogP contribution < -0.4 is 15.6 Å². The number of aryl methyl sites for hydroxylation is 2. The molecule has 0 saturated carbocycles. The second kappa shape index (κ2) is 9.91. The molecule has 0 atom stereocenters. The number of nitrogens with zero attached hydrogens (tertiary/aromatic N) is 2. The van der Waals surface area contributed by atoms with E-state index in [9.17, 15) is 9.59 Å². The summed E-state index contributed by atoms with van der Waals surface area (Å²) in [6.45, 7) is 6.43. The van der Waals surface area contributed by atoms with Gasteiger partial charge in [-0.25, -0.2) is 4.98 Å². The first-order chi connectivity index (χ1) is 17.4. The third kappa shape index (κ3) is 4.72. The van der Waals surface area contributed by atoms with Gasteiger partial charge in [0.1, 0.15) is 16.8 Å². The second-order valence-corrected chi connectivity index (χ2v) is 9.39. The Bertz CT molecular complexity index is 1620. The van der Waals surface area contributed by atoms with E-state index >= 15 is 0 Å². The zero-order valence-corrected chi connectivity index (χ0v) is 21.0. The van der Waals surface area contributed by atoms with Crippen LogP contribution in [0.1, 0.15) is 18.1 Å². The number of amides is 1. The van der Waals surface area contributed by atoms with Gasteiger partial charge in [-0.3, -0.25) is 14.2 Å². The molecule has 0 saturated heterocycles. The topological polar surface area (TPSA) is 86.4 Å². The Morgan fingerprint density at radius 3 is 2.50 bits per heavy atom. The lowest BCUT2D eigenvalue weighted by molar-refractivity contribution is -0.113. The number of carbonyl (C=O) groups excluding carboxylic acids is 1. The quantitative estimate of drug-likeness (QED) is 0.222. The second-order valence-electron chi connectivity index (χ2n) is 8.45. The number of fused-ring (bicyclic) bond motifs is 3. The Morgan fingerprint density at radius 2 is 1.78 bits per heavy atom. The molecule has 5 rings (SSSR count). The van der Waals surface area contributed by atoms with Crippen molar-refractivity contribution >= 4 is 45.4 Å². The van der Waals surface area contributed by atoms with E-state index in [1.807, 2.05) is 63.2 Å². The molecule has 5 aromatic rings. The van der Waals surface area contributed by atoms with Crippen LogP contribution in [-0.4, -0.2) is 27.8 Å². The van der Waals surface area contributed by atoms with Gasteiger partial charge in [-0.1, -0.05) is 30.0 Å². The maximum Gasteiger partial charge on any atom is 0.302 e. The summed E-state index contributed by atoms with van der Waals surface area (Å²) in [7, 11) is 0. The highest BCUT2D eigenvalue weighted by Crippen LogP contribution is 2.29. The number of ether oxygens (including phenoxy) is 1. The molecule has 0 aliphatic heterocycles. The number of hydrogen-bond donors (Lipinski definition) is 1. The van der Waals surface area contributed by atoms with Crippen LogP contribution in [0.15, 0.2) is 81.1 Å². The summed E-state index contributed by atoms with van der Waals surface area (Å²) in [6, 6.07) is 20.5. The third-order valence-corrected chi connectivity index (χ3v) is 6.55. The van der Waals surface area contributed by atoms with Crippen LogP contribution in [0.25, 0.3) is 27.8 Å². The Labute approximate surface area is 212 Å². The maximum absolute atomic E-state index is 13.6. The van der Waals surface area contributed by atoms with Crippen molar-refractivity contribution < 1.29 is 13.9 Å². The molecular weight excluding hydrogens is 474 g/mol. The normalized spacial score (nSPS) is 11.2. The smallest absolute Gasteiger partial charge is 0.302 e. The van der Waals surface area contributed by atoms with Gasteiger partial charge in [0.25, 0.3) is 0 Å². The number of thioether (sulfide) groups is 1. The summed E-state index contributed by atoms with van der Waals surface area (Å²) >= 11 is 1.20. The fourth-order valence-corrected chi connectivity index (χ4v) is 4.98. The number of anilines is 1. The van der Waals surface area contributed by atoms with Crippen LogP contribution in [-0.2, 0) is 4.79 Å². The predicted octanol–water partition coefficient (Wildman–Crippen LogP) is 5.88. The van der Waals surface area contributed by atoms with E-state index in [1.165, 1.54) is 16.3 Å². The molecule has 2 heterocycles. The Hall–Kier alpha value is -4.04. The van der Waals surface area contributed by atoms with Crippen molar-refractivity contribution in [2.24, 2.45) is 0 Å². The first-order valence-corrected chi connectivity index (χ1v) is 12.6. The summed E-state index contributed by atoms with van der Waals surface area (Å²) in [5, 5.41) is 4.10. The molecule has 0 unspecified atom stereocenters. The Balaban J connectivity index is 1.53. The van der Waals surface area contributed by atoms with Crippen LogP contribution in [0.4, 0.5) is 5.69 Å². The minimum Gasteiger partial charge on any atom is -0.494 e. The summed E-state index contributed by atoms with van der Waals surface area (Å²) in [5.41, 5.74) is 4.40. The number of nitrogens with one attached hydrogen (secondary N) is 1. The van der Waals surface area contributed by atoms with E-state index in [0.29, 0.717) is 34.3 Å². The number of furan rings is 1. The van der Waals surface area contributed by atoms with E-state index in [2.05, 4.69) is 5.32 Å². The lowest BCUT2D eigenvalue weighted by Gasteiger charge is -2.13. The number of rotatable bonds is 7. The van der Waals surface area contributed by atoms with Gasteiger partial charge in [-0.05, 0) is 80.4 Å². The monoisotopic (exact) mass is 499 g/mol. The fourth-order valence-electron chi connectivity index (χ4n) is 4.18. The largest absolute Gasteiger partial charge is 0.494 e. The summed E-state index contributed by atoms with van der Waals surface area (Å²) < 4.78 is 12.9. The van der Waals surface area contributed by atoms with Gasteiger partial charge in [0, 0.05) is 11.1 Å². The molecule has 0 radical (unpaired) electrons. The lowest BCUT2D eigenvalue weighted by atomic mass is 10.1. The van der Waals surface area contributed by atoms with E-state index in [-0.39, 0.29) is 22.8 Å². The average Bonchev–Trinajstić information content (AvgIpc) is 3.22. The molecule has 1 amide bonds. The van der Waals surface area contributed by atoms with Gasteiger partial charge in [-0.2, -0.15) is 0 Å². The van der Waals surface area contributed by atoms with E-state index in [4.69, 9.17) is 14.1 Å². The van der Waals surface area contributed by atoms with E-state index < -0.39 is 0 Å². The van der Waals surface area contributed by atoms with Gasteiger partial charge in [0.2, 0.25) is 11.5 Å². The van der Waals surface area contributed by atoms with Gasteiger partial charge < -0.3 is 14.5 Å². The maximum atomic E-state index is 13.6. The van der Waals surface area contributed by atoms with Gasteiger partial charge in [-0.15, -0.1) is 0 Å². The highest BCUT2D eigenvalue weighted by Gasteiger charge is 2.20. The van der Waals surface area contributed by atoms with Crippen molar-refractivity contribution in [1.82, 2.24) is 9.55 Å². The first-order valence-electron chi connectivity index (χ1n) is 11.6. The van der Waals surface area contributed by atoms with E-state index in [1.54, 1.807) is 24.3 Å². The summed E-state index contributed by atoms with van der Waals surface area (Å²) in [4.78, 5) is 31.2. The minimum atomic E-state index is -0.336. The molecule has 182 valence electrons. The summed E-state index contributed by atoms with van der Waals surface area (Å²) in [6.07, 6.45) is 0. The van der Waals surface area contributed by atoms with Gasteiger partial charge >= 0.3 is 5.56 Å². The van der Waals surface area contributed by atoms with Crippen molar-refractivity contribution in [3.8, 4) is 11.4 Å². The van der Waals surface area contributed by atoms with Gasteiger partial charge in [0.05, 0.1) is 18.0 Å². The standard InChI is InChI=1S/C28H25N3O4S/c1-4-34-21-11-9-20(10-12-21)31-27(33)26-25(22-7-5-6-8-23(22)35-26)30-28(31)36-16-24(32)29-19-14-17(2)13-18(3)15-19/h5-15H,4,16H2,1-3H3,(H,29,32). The molecule has 0 aliphatic rings. The van der Waals surface area contributed by atoms with Crippen LogP contribution in [0.2, 0.25) is 0 Å². The molecule has 8 heteroatoms. The number of hydrogen-bond acceptors (Lipinski definition) is 6.